The van der Waals surface area contributed by atoms with Crippen LogP contribution in [0.25, 0.3) is 0 Å². The lowest BCUT2D eigenvalue weighted by molar-refractivity contribution is -0.890. The first-order valence-corrected chi connectivity index (χ1v) is 7.99. The highest BCUT2D eigenvalue weighted by Gasteiger charge is 2.19. The molecule has 0 spiro atoms. The van der Waals surface area contributed by atoms with Gasteiger partial charge in [-0.3, -0.25) is 0 Å². The normalized spacial score (nSPS) is 12.2. The Morgan fingerprint density at radius 2 is 2.05 bits per heavy atom. The number of halogens is 1. The van der Waals surface area contributed by atoms with Crippen molar-refractivity contribution >= 4 is 34.4 Å². The lowest BCUT2D eigenvalue weighted by atomic mass is 10.2. The number of thiocarbonyl (C=S) groups is 1. The summed E-state index contributed by atoms with van der Waals surface area (Å²) in [6, 6.07) is 11.0. The zero-order valence-corrected chi connectivity index (χ0v) is 13.7. The molecule has 1 aromatic heterocycles. The van der Waals surface area contributed by atoms with Gasteiger partial charge < -0.3 is 15.5 Å². The molecule has 21 heavy (non-hydrogen) atoms. The van der Waals surface area contributed by atoms with Gasteiger partial charge in [-0.1, -0.05) is 18.2 Å². The molecule has 0 fully saturated rings. The fourth-order valence-electron chi connectivity index (χ4n) is 2.00. The fourth-order valence-corrected chi connectivity index (χ4v) is 3.15. The Labute approximate surface area is 133 Å². The number of hydrogen-bond donors (Lipinski definition) is 3. The Kier molecular flexibility index (Phi) is 5.67. The fraction of sp³-hybridized carbons (Fsp3) is 0.267. The predicted molar refractivity (Wildman–Crippen MR) is 90.5 cm³/mol. The van der Waals surface area contributed by atoms with Crippen LogP contribution in [0.4, 0.5) is 10.1 Å². The molecule has 112 valence electrons. The molecule has 0 radical (unpaired) electrons. The number of anilines is 1. The molecule has 1 aromatic carbocycles. The second-order valence-corrected chi connectivity index (χ2v) is 6.35. The van der Waals surface area contributed by atoms with Crippen LogP contribution in [0.2, 0.25) is 0 Å². The van der Waals surface area contributed by atoms with Crippen LogP contribution in [0.3, 0.4) is 0 Å². The number of quaternary nitrogens is 1. The smallest absolute Gasteiger partial charge is 0.171 e. The van der Waals surface area contributed by atoms with Gasteiger partial charge >= 0.3 is 0 Å². The summed E-state index contributed by atoms with van der Waals surface area (Å²) in [5.74, 6) is -0.310. The average molecular weight is 324 g/mol. The Morgan fingerprint density at radius 1 is 1.29 bits per heavy atom. The Bertz CT molecular complexity index is 584. The van der Waals surface area contributed by atoms with Gasteiger partial charge in [0.05, 0.1) is 31.2 Å². The van der Waals surface area contributed by atoms with E-state index in [-0.39, 0.29) is 5.82 Å². The molecule has 0 saturated heterocycles. The quantitative estimate of drug-likeness (QED) is 0.735. The van der Waals surface area contributed by atoms with Crippen LogP contribution in [0.15, 0.2) is 41.8 Å². The van der Waals surface area contributed by atoms with Crippen LogP contribution in [-0.4, -0.2) is 25.8 Å². The van der Waals surface area contributed by atoms with Crippen LogP contribution in [-0.2, 0) is 0 Å². The third-order valence-corrected chi connectivity index (χ3v) is 4.40. The van der Waals surface area contributed by atoms with E-state index in [1.54, 1.807) is 29.5 Å². The van der Waals surface area contributed by atoms with E-state index in [2.05, 4.69) is 36.2 Å². The van der Waals surface area contributed by atoms with Gasteiger partial charge in [-0.15, -0.1) is 11.3 Å². The maximum Gasteiger partial charge on any atom is 0.171 e. The monoisotopic (exact) mass is 324 g/mol. The predicted octanol–water partition coefficient (Wildman–Crippen LogP) is 2.06. The molecule has 0 saturated carbocycles. The maximum absolute atomic E-state index is 13.5. The third-order valence-electron chi connectivity index (χ3n) is 3.17. The topological polar surface area (TPSA) is 28.5 Å². The largest absolute Gasteiger partial charge is 0.356 e. The molecular formula is C15H19FN3S2+. The van der Waals surface area contributed by atoms with Gasteiger partial charge in [0.25, 0.3) is 0 Å². The molecule has 3 nitrogen and oxygen atoms in total. The summed E-state index contributed by atoms with van der Waals surface area (Å²) >= 11 is 6.97. The van der Waals surface area contributed by atoms with Crippen molar-refractivity contribution in [1.82, 2.24) is 5.32 Å². The zero-order valence-electron chi connectivity index (χ0n) is 12.0. The summed E-state index contributed by atoms with van der Waals surface area (Å²) in [4.78, 5) is 2.62. The van der Waals surface area contributed by atoms with Gasteiger partial charge in [0.15, 0.2) is 5.11 Å². The number of para-hydroxylation sites is 1. The number of thiophene rings is 1. The van der Waals surface area contributed by atoms with Gasteiger partial charge in [-0.05, 0) is 35.8 Å². The highest BCUT2D eigenvalue weighted by atomic mass is 32.1. The highest BCUT2D eigenvalue weighted by Crippen LogP contribution is 2.16. The molecule has 0 bridgehead atoms. The minimum Gasteiger partial charge on any atom is -0.356 e. The summed E-state index contributed by atoms with van der Waals surface area (Å²) in [5, 5.41) is 8.56. The molecule has 2 rings (SSSR count). The van der Waals surface area contributed by atoms with E-state index in [0.717, 1.165) is 0 Å². The van der Waals surface area contributed by atoms with E-state index in [9.17, 15) is 4.39 Å². The van der Waals surface area contributed by atoms with Gasteiger partial charge in [-0.25, -0.2) is 4.39 Å². The summed E-state index contributed by atoms with van der Waals surface area (Å²) in [6.45, 7) is 0.698. The van der Waals surface area contributed by atoms with Crippen molar-refractivity contribution in [3.63, 3.8) is 0 Å². The Morgan fingerprint density at radius 3 is 2.67 bits per heavy atom. The number of hydrogen-bond acceptors (Lipinski definition) is 2. The maximum atomic E-state index is 13.5. The van der Waals surface area contributed by atoms with Crippen molar-refractivity contribution in [2.24, 2.45) is 0 Å². The lowest BCUT2D eigenvalue weighted by Crippen LogP contribution is -3.06. The first-order valence-electron chi connectivity index (χ1n) is 6.70. The first kappa shape index (κ1) is 15.9. The van der Waals surface area contributed by atoms with Crippen molar-refractivity contribution in [3.8, 4) is 0 Å². The zero-order chi connectivity index (χ0) is 15.2. The number of nitrogens with one attached hydrogen (secondary N) is 3. The van der Waals surface area contributed by atoms with E-state index in [1.165, 1.54) is 15.8 Å². The van der Waals surface area contributed by atoms with Crippen LogP contribution in [0.1, 0.15) is 10.9 Å². The summed E-state index contributed by atoms with van der Waals surface area (Å²) < 4.78 is 13.5. The van der Waals surface area contributed by atoms with E-state index < -0.39 is 0 Å². The Balaban J connectivity index is 1.92. The molecule has 0 aliphatic heterocycles. The molecule has 0 amide bonds. The van der Waals surface area contributed by atoms with Crippen molar-refractivity contribution in [2.45, 2.75) is 6.04 Å². The standard InChI is InChI=1S/C15H18FN3S2/c1-19(2)13(14-8-5-9-21-14)10-17-15(20)18-12-7-4-3-6-11(12)16/h3-9,13H,10H2,1-2H3,(H2,17,18,20)/p+1/t13-/m1/s1. The van der Waals surface area contributed by atoms with Crippen LogP contribution >= 0.6 is 23.6 Å². The molecule has 2 aromatic rings. The summed E-state index contributed by atoms with van der Waals surface area (Å²) in [5.41, 5.74) is 0.389. The molecule has 0 aliphatic carbocycles. The summed E-state index contributed by atoms with van der Waals surface area (Å²) in [6.07, 6.45) is 0. The van der Waals surface area contributed by atoms with Gasteiger partial charge in [0, 0.05) is 0 Å². The molecule has 6 heteroatoms. The average Bonchev–Trinajstić information content (AvgIpc) is 2.95. The Hall–Kier alpha value is -1.50. The lowest BCUT2D eigenvalue weighted by Gasteiger charge is -2.21. The van der Waals surface area contributed by atoms with E-state index in [4.69, 9.17) is 12.2 Å². The van der Waals surface area contributed by atoms with Crippen molar-refractivity contribution in [2.75, 3.05) is 26.0 Å². The number of benzene rings is 1. The van der Waals surface area contributed by atoms with Crippen molar-refractivity contribution < 1.29 is 9.29 Å². The molecule has 3 N–H and O–H groups in total. The minimum absolute atomic E-state index is 0.310. The molecular weight excluding hydrogens is 305 g/mol. The van der Waals surface area contributed by atoms with Crippen molar-refractivity contribution in [1.29, 1.82) is 0 Å². The van der Waals surface area contributed by atoms with Gasteiger partial charge in [0.2, 0.25) is 0 Å². The second kappa shape index (κ2) is 7.49. The molecule has 0 aliphatic rings. The minimum atomic E-state index is -0.310. The SMILES string of the molecule is C[NH+](C)[C@H](CNC(=S)Nc1ccccc1F)c1cccs1. The van der Waals surface area contributed by atoms with E-state index >= 15 is 0 Å². The third kappa shape index (κ3) is 4.49. The van der Waals surface area contributed by atoms with Gasteiger partial charge in [0.1, 0.15) is 11.9 Å². The molecule has 0 unspecified atom stereocenters. The van der Waals surface area contributed by atoms with Crippen molar-refractivity contribution in [3.05, 3.63) is 52.5 Å². The number of likely N-dealkylation sites (N-methyl/N-ethyl adjacent to an activating group) is 1. The van der Waals surface area contributed by atoms with E-state index in [0.29, 0.717) is 23.4 Å². The number of rotatable bonds is 5. The highest BCUT2D eigenvalue weighted by molar-refractivity contribution is 7.80. The molecule has 1 atom stereocenters. The van der Waals surface area contributed by atoms with E-state index in [1.807, 2.05) is 6.07 Å². The van der Waals surface area contributed by atoms with Gasteiger partial charge in [-0.2, -0.15) is 0 Å². The second-order valence-electron chi connectivity index (χ2n) is 4.96. The van der Waals surface area contributed by atoms with Crippen LogP contribution in [0, 0.1) is 5.82 Å². The summed E-state index contributed by atoms with van der Waals surface area (Å²) in [7, 11) is 4.22. The van der Waals surface area contributed by atoms with Crippen LogP contribution in [0.5, 0.6) is 0 Å². The molecule has 1 heterocycles. The van der Waals surface area contributed by atoms with Crippen LogP contribution < -0.4 is 15.5 Å². The first-order chi connectivity index (χ1) is 10.1.